The maximum absolute atomic E-state index is 12.9. The van der Waals surface area contributed by atoms with Gasteiger partial charge in [-0.2, -0.15) is 0 Å². The maximum Gasteiger partial charge on any atom is 0.223 e. The van der Waals surface area contributed by atoms with Gasteiger partial charge in [-0.05, 0) is 93.8 Å². The molecule has 5 rings (SSSR count). The Labute approximate surface area is 157 Å². The van der Waals surface area contributed by atoms with Gasteiger partial charge in [0.25, 0.3) is 0 Å². The predicted molar refractivity (Wildman–Crippen MR) is 100 cm³/mol. The lowest BCUT2D eigenvalue weighted by molar-refractivity contribution is -0.136. The van der Waals surface area contributed by atoms with E-state index in [1.54, 1.807) is 0 Å². The molecule has 4 saturated carbocycles. The zero-order chi connectivity index (χ0) is 17.7. The number of amides is 2. The fourth-order valence-electron chi connectivity index (χ4n) is 6.66. The predicted octanol–water partition coefficient (Wildman–Crippen LogP) is 3.36. The maximum atomic E-state index is 12.9. The molecule has 3 bridgehead atoms. The quantitative estimate of drug-likeness (QED) is 0.838. The van der Waals surface area contributed by atoms with Gasteiger partial charge in [0.2, 0.25) is 11.8 Å². The highest BCUT2D eigenvalue weighted by molar-refractivity contribution is 5.80. The summed E-state index contributed by atoms with van der Waals surface area (Å²) >= 11 is 0. The number of rotatable bonds is 4. The number of hydrogen-bond acceptors (Lipinski definition) is 2. The molecule has 4 aliphatic carbocycles. The first-order chi connectivity index (χ1) is 12.7. The van der Waals surface area contributed by atoms with Gasteiger partial charge < -0.3 is 10.2 Å². The number of carbonyl (C=O) groups excluding carboxylic acids is 2. The molecule has 1 heterocycles. The third-order valence-electron chi connectivity index (χ3n) is 8.26. The van der Waals surface area contributed by atoms with Gasteiger partial charge in [0.1, 0.15) is 0 Å². The first-order valence-corrected chi connectivity index (χ1v) is 11.2. The van der Waals surface area contributed by atoms with Crippen LogP contribution in [-0.2, 0) is 9.59 Å². The van der Waals surface area contributed by atoms with Crippen LogP contribution in [0, 0.1) is 35.5 Å². The van der Waals surface area contributed by atoms with E-state index >= 15 is 0 Å². The Morgan fingerprint density at radius 1 is 0.846 bits per heavy atom. The summed E-state index contributed by atoms with van der Waals surface area (Å²) in [6.45, 7) is 1.56. The molecule has 144 valence electrons. The summed E-state index contributed by atoms with van der Waals surface area (Å²) in [6.07, 6.45) is 13.1. The van der Waals surface area contributed by atoms with Gasteiger partial charge in [-0.15, -0.1) is 0 Å². The lowest BCUT2D eigenvalue weighted by atomic mass is 9.80. The van der Waals surface area contributed by atoms with Crippen LogP contribution in [0.4, 0.5) is 0 Å². The number of hydrogen-bond donors (Lipinski definition) is 1. The van der Waals surface area contributed by atoms with Crippen molar-refractivity contribution in [3.05, 3.63) is 0 Å². The van der Waals surface area contributed by atoms with E-state index in [4.69, 9.17) is 0 Å². The van der Waals surface area contributed by atoms with Gasteiger partial charge >= 0.3 is 0 Å². The van der Waals surface area contributed by atoms with Crippen molar-refractivity contribution in [1.29, 1.82) is 0 Å². The molecule has 0 radical (unpaired) electrons. The van der Waals surface area contributed by atoms with Crippen LogP contribution in [0.3, 0.4) is 0 Å². The molecule has 2 amide bonds. The van der Waals surface area contributed by atoms with E-state index < -0.39 is 0 Å². The normalized spacial score (nSPS) is 39.7. The molecule has 1 N–H and O–H groups in total. The highest BCUT2D eigenvalue weighted by Gasteiger charge is 2.46. The molecule has 0 aromatic heterocycles. The topological polar surface area (TPSA) is 49.4 Å². The molecule has 5 atom stereocenters. The van der Waals surface area contributed by atoms with Crippen molar-refractivity contribution in [1.82, 2.24) is 10.2 Å². The van der Waals surface area contributed by atoms with Crippen molar-refractivity contribution in [2.75, 3.05) is 13.1 Å². The molecule has 1 saturated heterocycles. The van der Waals surface area contributed by atoms with E-state index in [0.29, 0.717) is 17.9 Å². The molecule has 5 fully saturated rings. The second kappa shape index (κ2) is 6.83. The molecule has 5 aliphatic rings. The Kier molecular flexibility index (Phi) is 4.48. The summed E-state index contributed by atoms with van der Waals surface area (Å²) in [5, 5.41) is 3.49. The fraction of sp³-hybridized carbons (Fsp3) is 0.909. The third-order valence-corrected chi connectivity index (χ3v) is 8.26. The van der Waals surface area contributed by atoms with E-state index in [1.807, 2.05) is 4.90 Å². The molecule has 26 heavy (non-hydrogen) atoms. The minimum absolute atomic E-state index is 0.123. The summed E-state index contributed by atoms with van der Waals surface area (Å²) < 4.78 is 0. The minimum Gasteiger partial charge on any atom is -0.353 e. The van der Waals surface area contributed by atoms with Crippen molar-refractivity contribution in [2.45, 2.75) is 76.7 Å². The van der Waals surface area contributed by atoms with Crippen molar-refractivity contribution in [3.8, 4) is 0 Å². The first kappa shape index (κ1) is 17.1. The summed E-state index contributed by atoms with van der Waals surface area (Å²) in [4.78, 5) is 27.2. The SMILES string of the molecule is O=C(NC1CC[C@@H]2CC3CC1[C@@H](C3)C2)C1CCN(C(=O)CC2CC2)CC1. The van der Waals surface area contributed by atoms with Crippen molar-refractivity contribution >= 4 is 11.8 Å². The minimum atomic E-state index is 0.123. The van der Waals surface area contributed by atoms with Crippen LogP contribution in [0.1, 0.15) is 70.6 Å². The van der Waals surface area contributed by atoms with Crippen LogP contribution in [0.25, 0.3) is 0 Å². The standard InChI is InChI=1S/C22H34N2O2/c25-21(13-14-1-2-14)24-7-5-17(6-8-24)22(26)23-20-4-3-15-9-16-11-18(10-15)19(20)12-16/h14-20H,1-13H2,(H,23,26)/t15-,16?,18-,19?,20?/m1/s1. The lowest BCUT2D eigenvalue weighted by Gasteiger charge is -2.33. The molecule has 4 heteroatoms. The van der Waals surface area contributed by atoms with Crippen LogP contribution in [0.5, 0.6) is 0 Å². The Hall–Kier alpha value is -1.06. The van der Waals surface area contributed by atoms with Crippen molar-refractivity contribution in [3.63, 3.8) is 0 Å². The summed E-state index contributed by atoms with van der Waals surface area (Å²) in [5.41, 5.74) is 0. The van der Waals surface area contributed by atoms with Crippen LogP contribution < -0.4 is 5.32 Å². The Balaban J connectivity index is 1.13. The number of likely N-dealkylation sites (tertiary alicyclic amines) is 1. The van der Waals surface area contributed by atoms with Gasteiger partial charge in [-0.1, -0.05) is 0 Å². The zero-order valence-electron chi connectivity index (χ0n) is 16.0. The molecular formula is C22H34N2O2. The largest absolute Gasteiger partial charge is 0.353 e. The second-order valence-corrected chi connectivity index (χ2v) is 10.1. The summed E-state index contributed by atoms with van der Waals surface area (Å²) in [6, 6.07) is 0.428. The second-order valence-electron chi connectivity index (χ2n) is 10.1. The van der Waals surface area contributed by atoms with Crippen LogP contribution >= 0.6 is 0 Å². The van der Waals surface area contributed by atoms with E-state index in [1.165, 1.54) is 51.4 Å². The molecule has 3 unspecified atom stereocenters. The highest BCUT2D eigenvalue weighted by atomic mass is 16.2. The summed E-state index contributed by atoms with van der Waals surface area (Å²) in [5.74, 6) is 4.90. The summed E-state index contributed by atoms with van der Waals surface area (Å²) in [7, 11) is 0. The van der Waals surface area contributed by atoms with Gasteiger partial charge in [-0.3, -0.25) is 9.59 Å². The first-order valence-electron chi connectivity index (χ1n) is 11.2. The van der Waals surface area contributed by atoms with E-state index in [0.717, 1.165) is 56.0 Å². The van der Waals surface area contributed by atoms with E-state index in [2.05, 4.69) is 5.32 Å². The average molecular weight is 359 g/mol. The monoisotopic (exact) mass is 358 g/mol. The number of piperidine rings is 1. The Bertz CT molecular complexity index is 564. The Morgan fingerprint density at radius 2 is 1.62 bits per heavy atom. The number of fused-ring (bicyclic) bond motifs is 2. The molecule has 4 nitrogen and oxygen atoms in total. The number of carbonyl (C=O) groups is 2. The zero-order valence-corrected chi connectivity index (χ0v) is 16.0. The smallest absolute Gasteiger partial charge is 0.223 e. The van der Waals surface area contributed by atoms with Gasteiger partial charge in [0.15, 0.2) is 0 Å². The number of nitrogens with zero attached hydrogens (tertiary/aromatic N) is 1. The van der Waals surface area contributed by atoms with E-state index in [9.17, 15) is 9.59 Å². The number of nitrogens with one attached hydrogen (secondary N) is 1. The molecule has 0 aromatic carbocycles. The molecule has 0 aromatic rings. The third kappa shape index (κ3) is 3.41. The van der Waals surface area contributed by atoms with Gasteiger partial charge in [0.05, 0.1) is 0 Å². The van der Waals surface area contributed by atoms with Crippen LogP contribution in [0.2, 0.25) is 0 Å². The molecule has 0 spiro atoms. The van der Waals surface area contributed by atoms with Crippen molar-refractivity contribution < 1.29 is 9.59 Å². The Morgan fingerprint density at radius 3 is 2.38 bits per heavy atom. The van der Waals surface area contributed by atoms with Crippen LogP contribution in [0.15, 0.2) is 0 Å². The van der Waals surface area contributed by atoms with Crippen LogP contribution in [-0.4, -0.2) is 35.8 Å². The molecule has 1 aliphatic heterocycles. The van der Waals surface area contributed by atoms with E-state index in [-0.39, 0.29) is 11.8 Å². The fourth-order valence-corrected chi connectivity index (χ4v) is 6.66. The lowest BCUT2D eigenvalue weighted by Crippen LogP contribution is -2.47. The highest BCUT2D eigenvalue weighted by Crippen LogP contribution is 2.53. The van der Waals surface area contributed by atoms with Gasteiger partial charge in [-0.25, -0.2) is 0 Å². The van der Waals surface area contributed by atoms with Gasteiger partial charge in [0, 0.05) is 31.5 Å². The van der Waals surface area contributed by atoms with Crippen molar-refractivity contribution in [2.24, 2.45) is 35.5 Å². The average Bonchev–Trinajstić information content (AvgIpc) is 3.42. The molecular weight excluding hydrogens is 324 g/mol.